The Bertz CT molecular complexity index is 447. The van der Waals surface area contributed by atoms with E-state index >= 15 is 0 Å². The van der Waals surface area contributed by atoms with E-state index in [0.29, 0.717) is 0 Å². The molecule has 7 heteroatoms. The van der Waals surface area contributed by atoms with Crippen molar-refractivity contribution in [1.29, 1.82) is 0 Å². The van der Waals surface area contributed by atoms with Crippen molar-refractivity contribution in [2.75, 3.05) is 6.61 Å². The van der Waals surface area contributed by atoms with Crippen LogP contribution in [-0.4, -0.2) is 22.5 Å². The molecule has 0 saturated carbocycles. The number of nitrogens with zero attached hydrogens (tertiary/aromatic N) is 2. The van der Waals surface area contributed by atoms with Gasteiger partial charge >= 0.3 is 11.7 Å². The number of nitro groups is 1. The molecule has 0 atom stereocenters. The van der Waals surface area contributed by atoms with Crippen LogP contribution in [0, 0.1) is 17.0 Å². The fourth-order valence-electron chi connectivity index (χ4n) is 1.22. The first kappa shape index (κ1) is 12.4. The average molecular weight is 245 g/mol. The second-order valence-electron chi connectivity index (χ2n) is 2.90. The van der Waals surface area contributed by atoms with Crippen LogP contribution in [0.1, 0.15) is 23.0 Å². The first-order valence-corrected chi connectivity index (χ1v) is 4.83. The van der Waals surface area contributed by atoms with Gasteiger partial charge < -0.3 is 4.74 Å². The molecule has 0 aliphatic carbocycles. The Labute approximate surface area is 96.3 Å². The fraction of sp³-hybridized carbons (Fsp3) is 0.333. The molecule has 16 heavy (non-hydrogen) atoms. The zero-order valence-corrected chi connectivity index (χ0v) is 9.45. The maximum atomic E-state index is 11.5. The monoisotopic (exact) mass is 244 g/mol. The van der Waals surface area contributed by atoms with Crippen LogP contribution in [0.3, 0.4) is 0 Å². The molecule has 0 amide bonds. The average Bonchev–Trinajstić information content (AvgIpc) is 2.15. The van der Waals surface area contributed by atoms with Gasteiger partial charge in [0, 0.05) is 0 Å². The fourth-order valence-corrected chi connectivity index (χ4v) is 1.46. The molecule has 0 unspecified atom stereocenters. The number of aromatic nitrogens is 1. The van der Waals surface area contributed by atoms with Gasteiger partial charge in [0.2, 0.25) is 0 Å². The van der Waals surface area contributed by atoms with Crippen molar-refractivity contribution in [3.05, 3.63) is 32.6 Å². The van der Waals surface area contributed by atoms with Crippen molar-refractivity contribution in [2.45, 2.75) is 13.8 Å². The molecule has 86 valence electrons. The maximum Gasteiger partial charge on any atom is 0.345 e. The summed E-state index contributed by atoms with van der Waals surface area (Å²) in [5, 5.41) is 10.8. The van der Waals surface area contributed by atoms with Crippen LogP contribution in [0.25, 0.3) is 0 Å². The van der Waals surface area contributed by atoms with E-state index in [2.05, 4.69) is 4.98 Å². The molecule has 1 heterocycles. The molecule has 0 aromatic carbocycles. The molecular weight excluding hydrogens is 236 g/mol. The quantitative estimate of drug-likeness (QED) is 0.352. The number of hydrogen-bond donors (Lipinski definition) is 0. The number of hydrogen-bond acceptors (Lipinski definition) is 5. The summed E-state index contributed by atoms with van der Waals surface area (Å²) in [5.41, 5.74) is -0.465. The van der Waals surface area contributed by atoms with Crippen molar-refractivity contribution in [2.24, 2.45) is 0 Å². The van der Waals surface area contributed by atoms with Crippen LogP contribution in [0.5, 0.6) is 0 Å². The van der Waals surface area contributed by atoms with E-state index in [-0.39, 0.29) is 28.7 Å². The number of rotatable bonds is 3. The van der Waals surface area contributed by atoms with Crippen molar-refractivity contribution in [3.8, 4) is 0 Å². The van der Waals surface area contributed by atoms with Crippen molar-refractivity contribution < 1.29 is 14.5 Å². The number of carbonyl (C=O) groups excluding carboxylic acids is 1. The van der Waals surface area contributed by atoms with Gasteiger partial charge in [-0.1, -0.05) is 11.6 Å². The highest BCUT2D eigenvalue weighted by Gasteiger charge is 2.25. The molecule has 0 saturated heterocycles. The van der Waals surface area contributed by atoms with Gasteiger partial charge in [0.15, 0.2) is 0 Å². The predicted molar refractivity (Wildman–Crippen MR) is 56.6 cm³/mol. The molecular formula is C9H9ClN2O4. The number of esters is 1. The van der Waals surface area contributed by atoms with Gasteiger partial charge in [0.1, 0.15) is 16.4 Å². The number of halogens is 1. The maximum absolute atomic E-state index is 11.5. The highest BCUT2D eigenvalue weighted by atomic mass is 35.5. The summed E-state index contributed by atoms with van der Waals surface area (Å²) in [6.45, 7) is 3.15. The molecule has 1 aromatic rings. The Kier molecular flexibility index (Phi) is 3.78. The SMILES string of the molecule is CCOC(=O)c1cc(Cl)nc(C)c1[N+](=O)[O-]. The molecule has 0 aliphatic heterocycles. The van der Waals surface area contributed by atoms with Crippen LogP contribution in [0.15, 0.2) is 6.07 Å². The molecule has 6 nitrogen and oxygen atoms in total. The third-order valence-electron chi connectivity index (χ3n) is 1.81. The molecule has 0 N–H and O–H groups in total. The third kappa shape index (κ3) is 2.46. The number of pyridine rings is 1. The topological polar surface area (TPSA) is 82.3 Å². The van der Waals surface area contributed by atoms with E-state index in [1.54, 1.807) is 6.92 Å². The van der Waals surface area contributed by atoms with Gasteiger partial charge in [0.05, 0.1) is 11.5 Å². The van der Waals surface area contributed by atoms with Gasteiger partial charge in [-0.25, -0.2) is 9.78 Å². The van der Waals surface area contributed by atoms with Crippen molar-refractivity contribution >= 4 is 23.3 Å². The van der Waals surface area contributed by atoms with Crippen molar-refractivity contribution in [3.63, 3.8) is 0 Å². The lowest BCUT2D eigenvalue weighted by molar-refractivity contribution is -0.386. The van der Waals surface area contributed by atoms with Crippen LogP contribution in [0.2, 0.25) is 5.15 Å². The van der Waals surface area contributed by atoms with Crippen LogP contribution in [0.4, 0.5) is 5.69 Å². The lowest BCUT2D eigenvalue weighted by Crippen LogP contribution is -2.10. The highest BCUT2D eigenvalue weighted by molar-refractivity contribution is 6.29. The molecule has 0 fully saturated rings. The standard InChI is InChI=1S/C9H9ClN2O4/c1-3-16-9(13)6-4-7(10)11-5(2)8(6)12(14)15/h4H,3H2,1-2H3. The molecule has 1 aromatic heterocycles. The smallest absolute Gasteiger partial charge is 0.345 e. The summed E-state index contributed by atoms with van der Waals surface area (Å²) < 4.78 is 4.70. The van der Waals surface area contributed by atoms with E-state index in [0.717, 1.165) is 6.07 Å². The third-order valence-corrected chi connectivity index (χ3v) is 2.01. The summed E-state index contributed by atoms with van der Waals surface area (Å²) in [7, 11) is 0. The Morgan fingerprint density at radius 2 is 2.31 bits per heavy atom. The number of aryl methyl sites for hydroxylation is 1. The number of carbonyl (C=O) groups is 1. The summed E-state index contributed by atoms with van der Waals surface area (Å²) in [6, 6.07) is 1.13. The summed E-state index contributed by atoms with van der Waals surface area (Å²) >= 11 is 5.63. The Hall–Kier alpha value is -1.69. The van der Waals surface area contributed by atoms with Gasteiger partial charge in [0.25, 0.3) is 0 Å². The number of ether oxygens (including phenoxy) is 1. The Morgan fingerprint density at radius 3 is 2.81 bits per heavy atom. The van der Waals surface area contributed by atoms with E-state index in [9.17, 15) is 14.9 Å². The summed E-state index contributed by atoms with van der Waals surface area (Å²) in [4.78, 5) is 25.3. The first-order chi connectivity index (χ1) is 7.47. The molecule has 0 aliphatic rings. The molecule has 0 radical (unpaired) electrons. The summed E-state index contributed by atoms with van der Waals surface area (Å²) in [6.07, 6.45) is 0. The first-order valence-electron chi connectivity index (χ1n) is 4.46. The van der Waals surface area contributed by atoms with Gasteiger partial charge in [-0.15, -0.1) is 0 Å². The summed E-state index contributed by atoms with van der Waals surface area (Å²) in [5.74, 6) is -0.776. The molecule has 1 rings (SSSR count). The van der Waals surface area contributed by atoms with E-state index in [4.69, 9.17) is 16.3 Å². The Balaban J connectivity index is 3.35. The zero-order chi connectivity index (χ0) is 12.3. The van der Waals surface area contributed by atoms with Gasteiger partial charge in [-0.05, 0) is 19.9 Å². The van der Waals surface area contributed by atoms with Gasteiger partial charge in [-0.2, -0.15) is 0 Å². The highest BCUT2D eigenvalue weighted by Crippen LogP contribution is 2.25. The molecule has 0 bridgehead atoms. The van der Waals surface area contributed by atoms with E-state index in [1.807, 2.05) is 0 Å². The van der Waals surface area contributed by atoms with Gasteiger partial charge in [-0.3, -0.25) is 10.1 Å². The van der Waals surface area contributed by atoms with Crippen LogP contribution in [-0.2, 0) is 4.74 Å². The predicted octanol–water partition coefficient (Wildman–Crippen LogP) is 2.13. The normalized spacial score (nSPS) is 9.94. The second-order valence-corrected chi connectivity index (χ2v) is 3.29. The van der Waals surface area contributed by atoms with E-state index in [1.165, 1.54) is 6.92 Å². The largest absolute Gasteiger partial charge is 0.462 e. The van der Waals surface area contributed by atoms with E-state index < -0.39 is 10.9 Å². The minimum Gasteiger partial charge on any atom is -0.462 e. The van der Waals surface area contributed by atoms with Crippen LogP contribution < -0.4 is 0 Å². The minimum atomic E-state index is -0.776. The lowest BCUT2D eigenvalue weighted by atomic mass is 10.2. The van der Waals surface area contributed by atoms with Crippen LogP contribution >= 0.6 is 11.6 Å². The second kappa shape index (κ2) is 4.89. The Morgan fingerprint density at radius 1 is 1.69 bits per heavy atom. The van der Waals surface area contributed by atoms with Crippen molar-refractivity contribution in [1.82, 2.24) is 4.98 Å². The molecule has 0 spiro atoms. The lowest BCUT2D eigenvalue weighted by Gasteiger charge is -2.04. The minimum absolute atomic E-state index is 0.0196. The zero-order valence-electron chi connectivity index (χ0n) is 8.69.